The Hall–Kier alpha value is -3.68. The fourth-order valence-electron chi connectivity index (χ4n) is 3.66. The van der Waals surface area contributed by atoms with Crippen molar-refractivity contribution >= 4 is 11.8 Å². The number of aryl methyl sites for hydroxylation is 1. The van der Waals surface area contributed by atoms with Crippen molar-refractivity contribution in [1.82, 2.24) is 4.57 Å². The van der Waals surface area contributed by atoms with Crippen molar-refractivity contribution in [2.24, 2.45) is 0 Å². The summed E-state index contributed by atoms with van der Waals surface area (Å²) >= 11 is 0. The molecule has 0 aliphatic carbocycles. The standard InChI is InChI=1S/C24H21F2NO5/c1-14-9-19(21(28)13-31-24(29)18-8-7-16(25)10-20(18)26)15(2)27(14)11-17-12-30-22-5-3-4-6-23(22)32-17/h3-10,17H,11-13H2,1-2H3. The van der Waals surface area contributed by atoms with Crippen molar-refractivity contribution in [3.8, 4) is 11.5 Å². The fraction of sp³-hybridized carbons (Fsp3) is 0.250. The molecule has 0 amide bonds. The molecule has 1 aromatic heterocycles. The molecule has 1 aliphatic rings. The van der Waals surface area contributed by atoms with E-state index in [1.165, 1.54) is 0 Å². The minimum atomic E-state index is -1.04. The van der Waals surface area contributed by atoms with Crippen molar-refractivity contribution in [2.45, 2.75) is 26.5 Å². The number of para-hydroxylation sites is 2. The van der Waals surface area contributed by atoms with E-state index in [1.54, 1.807) is 13.0 Å². The Morgan fingerprint density at radius 3 is 2.56 bits per heavy atom. The molecular weight excluding hydrogens is 420 g/mol. The molecular formula is C24H21F2NO5. The highest BCUT2D eigenvalue weighted by atomic mass is 19.1. The number of Topliss-reactive ketones (excluding diaryl/α,β-unsaturated/α-hetero) is 1. The van der Waals surface area contributed by atoms with Gasteiger partial charge in [0.25, 0.3) is 0 Å². The summed E-state index contributed by atoms with van der Waals surface area (Å²) in [6.45, 7) is 3.94. The summed E-state index contributed by atoms with van der Waals surface area (Å²) in [6, 6.07) is 11.6. The molecule has 8 heteroatoms. The summed E-state index contributed by atoms with van der Waals surface area (Å²) in [5.41, 5.74) is 1.49. The molecule has 6 nitrogen and oxygen atoms in total. The van der Waals surface area contributed by atoms with Gasteiger partial charge in [0, 0.05) is 23.0 Å². The lowest BCUT2D eigenvalue weighted by atomic mass is 10.1. The molecule has 0 fully saturated rings. The van der Waals surface area contributed by atoms with Crippen molar-refractivity contribution < 1.29 is 32.6 Å². The van der Waals surface area contributed by atoms with Gasteiger partial charge in [-0.3, -0.25) is 4.79 Å². The lowest BCUT2D eigenvalue weighted by molar-refractivity contribution is 0.0469. The highest BCUT2D eigenvalue weighted by Gasteiger charge is 2.24. The van der Waals surface area contributed by atoms with Gasteiger partial charge in [0.2, 0.25) is 5.78 Å². The molecule has 0 bridgehead atoms. The largest absolute Gasteiger partial charge is 0.486 e. The minimum Gasteiger partial charge on any atom is -0.486 e. The predicted molar refractivity (Wildman–Crippen MR) is 111 cm³/mol. The minimum absolute atomic E-state index is 0.239. The molecule has 4 rings (SSSR count). The van der Waals surface area contributed by atoms with E-state index < -0.39 is 35.6 Å². The first kappa shape index (κ1) is 21.5. The van der Waals surface area contributed by atoms with E-state index in [2.05, 4.69) is 0 Å². The molecule has 1 unspecified atom stereocenters. The van der Waals surface area contributed by atoms with E-state index in [4.69, 9.17) is 14.2 Å². The zero-order valence-corrected chi connectivity index (χ0v) is 17.6. The first-order valence-corrected chi connectivity index (χ1v) is 10.0. The summed E-state index contributed by atoms with van der Waals surface area (Å²) in [5.74, 6) is -1.94. The van der Waals surface area contributed by atoms with E-state index in [9.17, 15) is 18.4 Å². The van der Waals surface area contributed by atoms with Crippen molar-refractivity contribution in [3.05, 3.63) is 82.7 Å². The van der Waals surface area contributed by atoms with Gasteiger partial charge in [-0.2, -0.15) is 0 Å². The summed E-state index contributed by atoms with van der Waals surface area (Å²) in [6.07, 6.45) is -0.239. The van der Waals surface area contributed by atoms with Gasteiger partial charge in [-0.1, -0.05) is 12.1 Å². The van der Waals surface area contributed by atoms with Crippen LogP contribution in [0.15, 0.2) is 48.5 Å². The number of rotatable bonds is 6. The second kappa shape index (κ2) is 8.82. The maximum absolute atomic E-state index is 13.7. The zero-order chi connectivity index (χ0) is 22.8. The molecule has 0 saturated carbocycles. The van der Waals surface area contributed by atoms with Crippen LogP contribution in [0.25, 0.3) is 0 Å². The normalized spacial score (nSPS) is 14.8. The molecule has 0 N–H and O–H groups in total. The van der Waals surface area contributed by atoms with Crippen LogP contribution in [0.1, 0.15) is 32.1 Å². The molecule has 0 saturated heterocycles. The van der Waals surface area contributed by atoms with E-state index in [1.807, 2.05) is 35.8 Å². The number of hydrogen-bond donors (Lipinski definition) is 0. The van der Waals surface area contributed by atoms with Crippen LogP contribution in [0.4, 0.5) is 8.78 Å². The third-order valence-corrected chi connectivity index (χ3v) is 5.31. The Labute approximate surface area is 183 Å². The quantitative estimate of drug-likeness (QED) is 0.422. The van der Waals surface area contributed by atoms with Gasteiger partial charge in [-0.15, -0.1) is 0 Å². The molecule has 2 heterocycles. The number of nitrogens with zero attached hydrogens (tertiary/aromatic N) is 1. The van der Waals surface area contributed by atoms with E-state index in [0.29, 0.717) is 42.0 Å². The molecule has 32 heavy (non-hydrogen) atoms. The zero-order valence-electron chi connectivity index (χ0n) is 17.6. The summed E-state index contributed by atoms with van der Waals surface area (Å²) in [7, 11) is 0. The van der Waals surface area contributed by atoms with Crippen LogP contribution in [-0.4, -0.2) is 35.6 Å². The van der Waals surface area contributed by atoms with Crippen LogP contribution in [0.2, 0.25) is 0 Å². The summed E-state index contributed by atoms with van der Waals surface area (Å²) < 4.78 is 45.4. The Bertz CT molecular complexity index is 1190. The highest BCUT2D eigenvalue weighted by molar-refractivity contribution is 6.00. The van der Waals surface area contributed by atoms with Gasteiger partial charge >= 0.3 is 5.97 Å². The molecule has 166 valence electrons. The van der Waals surface area contributed by atoms with Crippen LogP contribution < -0.4 is 9.47 Å². The Morgan fingerprint density at radius 1 is 1.06 bits per heavy atom. The first-order valence-electron chi connectivity index (χ1n) is 10.0. The Morgan fingerprint density at radius 2 is 1.81 bits per heavy atom. The average Bonchev–Trinajstić information content (AvgIpc) is 3.05. The fourth-order valence-corrected chi connectivity index (χ4v) is 3.66. The SMILES string of the molecule is Cc1cc(C(=O)COC(=O)c2ccc(F)cc2F)c(C)n1CC1COc2ccccc2O1. The lowest BCUT2D eigenvalue weighted by Crippen LogP contribution is -2.33. The molecule has 1 aliphatic heterocycles. The van der Waals surface area contributed by atoms with Gasteiger partial charge < -0.3 is 18.8 Å². The number of ketones is 1. The summed E-state index contributed by atoms with van der Waals surface area (Å²) in [5, 5.41) is 0. The number of carbonyl (C=O) groups excluding carboxylic acids is 2. The number of aromatic nitrogens is 1. The topological polar surface area (TPSA) is 66.8 Å². The number of halogens is 2. The van der Waals surface area contributed by atoms with Gasteiger partial charge in [-0.25, -0.2) is 13.6 Å². The molecule has 3 aromatic rings. The average molecular weight is 441 g/mol. The van der Waals surface area contributed by atoms with Gasteiger partial charge in [0.15, 0.2) is 24.2 Å². The van der Waals surface area contributed by atoms with Crippen molar-refractivity contribution in [3.63, 3.8) is 0 Å². The first-order chi connectivity index (χ1) is 15.3. The highest BCUT2D eigenvalue weighted by Crippen LogP contribution is 2.31. The van der Waals surface area contributed by atoms with E-state index >= 15 is 0 Å². The molecule has 2 aromatic carbocycles. The lowest BCUT2D eigenvalue weighted by Gasteiger charge is -2.27. The third kappa shape index (κ3) is 4.34. The van der Waals surface area contributed by atoms with Crippen LogP contribution in [0.3, 0.4) is 0 Å². The maximum atomic E-state index is 13.7. The number of hydrogen-bond acceptors (Lipinski definition) is 5. The number of fused-ring (bicyclic) bond motifs is 1. The predicted octanol–water partition coefficient (Wildman–Crippen LogP) is 4.26. The maximum Gasteiger partial charge on any atom is 0.341 e. The number of benzene rings is 2. The second-order valence-electron chi connectivity index (χ2n) is 7.52. The van der Waals surface area contributed by atoms with Gasteiger partial charge in [0.1, 0.15) is 18.2 Å². The van der Waals surface area contributed by atoms with E-state index in [0.717, 1.165) is 17.8 Å². The third-order valence-electron chi connectivity index (χ3n) is 5.31. The van der Waals surface area contributed by atoms with Crippen LogP contribution in [-0.2, 0) is 11.3 Å². The Kier molecular flexibility index (Phi) is 5.94. The Balaban J connectivity index is 1.42. The summed E-state index contributed by atoms with van der Waals surface area (Å²) in [4.78, 5) is 24.7. The number of ether oxygens (including phenoxy) is 3. The van der Waals surface area contributed by atoms with Crippen molar-refractivity contribution in [1.29, 1.82) is 0 Å². The number of carbonyl (C=O) groups is 2. The van der Waals surface area contributed by atoms with Crippen LogP contribution in [0.5, 0.6) is 11.5 Å². The van der Waals surface area contributed by atoms with Crippen LogP contribution in [0, 0.1) is 25.5 Å². The second-order valence-corrected chi connectivity index (χ2v) is 7.52. The molecule has 0 spiro atoms. The van der Waals surface area contributed by atoms with Gasteiger partial charge in [-0.05, 0) is 44.2 Å². The molecule has 1 atom stereocenters. The van der Waals surface area contributed by atoms with Crippen molar-refractivity contribution in [2.75, 3.05) is 13.2 Å². The number of esters is 1. The van der Waals surface area contributed by atoms with Crippen LogP contribution >= 0.6 is 0 Å². The smallest absolute Gasteiger partial charge is 0.341 e. The molecule has 0 radical (unpaired) electrons. The monoisotopic (exact) mass is 441 g/mol. The van der Waals surface area contributed by atoms with E-state index in [-0.39, 0.29) is 6.10 Å². The van der Waals surface area contributed by atoms with Gasteiger partial charge in [0.05, 0.1) is 12.1 Å².